The number of furan rings is 1. The largest absolute Gasteiger partial charge is 0.463 e. The second kappa shape index (κ2) is 3.38. The SMILES string of the molecule is CCC(C)c1oc(C2(N)CC2)cc1Br. The summed E-state index contributed by atoms with van der Waals surface area (Å²) in [5.74, 6) is 2.44. The Morgan fingerprint density at radius 1 is 1.64 bits per heavy atom. The van der Waals surface area contributed by atoms with E-state index in [9.17, 15) is 0 Å². The third-order valence-electron chi connectivity index (χ3n) is 3.05. The monoisotopic (exact) mass is 257 g/mol. The second-order valence-electron chi connectivity index (χ2n) is 4.29. The van der Waals surface area contributed by atoms with Gasteiger partial charge in [0.25, 0.3) is 0 Å². The molecule has 0 aliphatic heterocycles. The number of nitrogens with two attached hydrogens (primary N) is 1. The van der Waals surface area contributed by atoms with E-state index in [1.165, 1.54) is 0 Å². The van der Waals surface area contributed by atoms with Gasteiger partial charge in [-0.3, -0.25) is 0 Å². The van der Waals surface area contributed by atoms with Crippen molar-refractivity contribution in [2.75, 3.05) is 0 Å². The molecule has 2 N–H and O–H groups in total. The molecule has 14 heavy (non-hydrogen) atoms. The molecule has 1 heterocycles. The summed E-state index contributed by atoms with van der Waals surface area (Å²) in [6.07, 6.45) is 3.18. The van der Waals surface area contributed by atoms with Crippen LogP contribution in [-0.4, -0.2) is 0 Å². The first kappa shape index (κ1) is 10.2. The van der Waals surface area contributed by atoms with Crippen molar-refractivity contribution in [2.24, 2.45) is 5.73 Å². The van der Waals surface area contributed by atoms with E-state index in [2.05, 4.69) is 29.8 Å². The Balaban J connectivity index is 2.30. The van der Waals surface area contributed by atoms with Crippen LogP contribution in [0.1, 0.15) is 50.5 Å². The minimum Gasteiger partial charge on any atom is -0.463 e. The Morgan fingerprint density at radius 3 is 2.79 bits per heavy atom. The quantitative estimate of drug-likeness (QED) is 0.901. The van der Waals surface area contributed by atoms with Gasteiger partial charge in [0.15, 0.2) is 0 Å². The summed E-state index contributed by atoms with van der Waals surface area (Å²) in [6, 6.07) is 2.04. The average molecular weight is 258 g/mol. The van der Waals surface area contributed by atoms with Gasteiger partial charge in [0.05, 0.1) is 10.0 Å². The van der Waals surface area contributed by atoms with Crippen LogP contribution in [0.25, 0.3) is 0 Å². The molecule has 2 nitrogen and oxygen atoms in total. The van der Waals surface area contributed by atoms with Crippen molar-refractivity contribution < 1.29 is 4.42 Å². The molecule has 0 bridgehead atoms. The van der Waals surface area contributed by atoms with Crippen molar-refractivity contribution in [3.8, 4) is 0 Å². The Kier molecular flexibility index (Phi) is 2.48. The molecule has 0 radical (unpaired) electrons. The smallest absolute Gasteiger partial charge is 0.125 e. The molecule has 1 aromatic rings. The summed E-state index contributed by atoms with van der Waals surface area (Å²) < 4.78 is 6.89. The maximum Gasteiger partial charge on any atom is 0.125 e. The average Bonchev–Trinajstić information content (AvgIpc) is 2.78. The van der Waals surface area contributed by atoms with Gasteiger partial charge >= 0.3 is 0 Å². The molecular weight excluding hydrogens is 242 g/mol. The Hall–Kier alpha value is -0.280. The molecule has 78 valence electrons. The lowest BCUT2D eigenvalue weighted by Crippen LogP contribution is -2.17. The molecule has 1 aliphatic carbocycles. The molecule has 1 aliphatic rings. The van der Waals surface area contributed by atoms with Crippen molar-refractivity contribution in [1.29, 1.82) is 0 Å². The zero-order chi connectivity index (χ0) is 10.3. The molecule has 1 saturated carbocycles. The van der Waals surface area contributed by atoms with Crippen molar-refractivity contribution in [3.63, 3.8) is 0 Å². The van der Waals surface area contributed by atoms with E-state index in [-0.39, 0.29) is 5.54 Å². The van der Waals surface area contributed by atoms with Crippen LogP contribution in [0.5, 0.6) is 0 Å². The van der Waals surface area contributed by atoms with Gasteiger partial charge in [0.2, 0.25) is 0 Å². The van der Waals surface area contributed by atoms with Crippen molar-refractivity contribution in [3.05, 3.63) is 22.1 Å². The van der Waals surface area contributed by atoms with E-state index >= 15 is 0 Å². The highest BCUT2D eigenvalue weighted by atomic mass is 79.9. The van der Waals surface area contributed by atoms with Crippen LogP contribution in [-0.2, 0) is 5.54 Å². The zero-order valence-corrected chi connectivity index (χ0v) is 10.2. The van der Waals surface area contributed by atoms with E-state index in [0.29, 0.717) is 5.92 Å². The lowest BCUT2D eigenvalue weighted by Gasteiger charge is -2.06. The zero-order valence-electron chi connectivity index (χ0n) is 8.64. The molecule has 0 spiro atoms. The lowest BCUT2D eigenvalue weighted by atomic mass is 10.1. The number of rotatable bonds is 3. The summed E-state index contributed by atoms with van der Waals surface area (Å²) in [7, 11) is 0. The topological polar surface area (TPSA) is 39.2 Å². The fraction of sp³-hybridized carbons (Fsp3) is 0.636. The molecule has 0 amide bonds. The van der Waals surface area contributed by atoms with E-state index in [0.717, 1.165) is 35.3 Å². The highest BCUT2D eigenvalue weighted by Crippen LogP contribution is 2.45. The van der Waals surface area contributed by atoms with Crippen LogP contribution >= 0.6 is 15.9 Å². The minimum atomic E-state index is -0.159. The van der Waals surface area contributed by atoms with Gasteiger partial charge in [-0.15, -0.1) is 0 Å². The van der Waals surface area contributed by atoms with Gasteiger partial charge in [0, 0.05) is 5.92 Å². The fourth-order valence-corrected chi connectivity index (χ4v) is 2.21. The van der Waals surface area contributed by atoms with E-state index in [1.807, 2.05) is 6.07 Å². The molecule has 1 unspecified atom stereocenters. The highest BCUT2D eigenvalue weighted by Gasteiger charge is 2.43. The summed E-state index contributed by atoms with van der Waals surface area (Å²) in [6.45, 7) is 4.33. The van der Waals surface area contributed by atoms with Crippen LogP contribution in [0.4, 0.5) is 0 Å². The van der Waals surface area contributed by atoms with Crippen LogP contribution in [0.2, 0.25) is 0 Å². The molecule has 0 aromatic carbocycles. The first-order chi connectivity index (χ1) is 6.57. The Bertz CT molecular complexity index is 341. The van der Waals surface area contributed by atoms with E-state index < -0.39 is 0 Å². The Morgan fingerprint density at radius 2 is 2.29 bits per heavy atom. The summed E-state index contributed by atoms with van der Waals surface area (Å²) in [5, 5.41) is 0. The number of hydrogen-bond acceptors (Lipinski definition) is 2. The van der Waals surface area contributed by atoms with Crippen LogP contribution in [0, 0.1) is 0 Å². The summed E-state index contributed by atoms with van der Waals surface area (Å²) in [4.78, 5) is 0. The predicted molar refractivity (Wildman–Crippen MR) is 60.2 cm³/mol. The fourth-order valence-electron chi connectivity index (χ4n) is 1.53. The third-order valence-corrected chi connectivity index (χ3v) is 3.67. The number of halogens is 1. The highest BCUT2D eigenvalue weighted by molar-refractivity contribution is 9.10. The molecule has 1 aromatic heterocycles. The minimum absolute atomic E-state index is 0.159. The van der Waals surface area contributed by atoms with Crippen LogP contribution in [0.3, 0.4) is 0 Å². The third kappa shape index (κ3) is 1.63. The van der Waals surface area contributed by atoms with Gasteiger partial charge in [-0.2, -0.15) is 0 Å². The Labute approximate surface area is 93.0 Å². The van der Waals surface area contributed by atoms with Gasteiger partial charge in [-0.1, -0.05) is 13.8 Å². The van der Waals surface area contributed by atoms with Gasteiger partial charge in [-0.25, -0.2) is 0 Å². The van der Waals surface area contributed by atoms with Crippen LogP contribution in [0.15, 0.2) is 15.0 Å². The molecular formula is C11H16BrNO. The van der Waals surface area contributed by atoms with Gasteiger partial charge in [0.1, 0.15) is 11.5 Å². The van der Waals surface area contributed by atoms with E-state index in [4.69, 9.17) is 10.2 Å². The first-order valence-corrected chi connectivity index (χ1v) is 5.94. The standard InChI is InChI=1S/C11H16BrNO/c1-3-7(2)10-8(12)6-9(14-10)11(13)4-5-11/h6-7H,3-5,13H2,1-2H3. The van der Waals surface area contributed by atoms with E-state index in [1.54, 1.807) is 0 Å². The maximum absolute atomic E-state index is 6.08. The van der Waals surface area contributed by atoms with Crippen molar-refractivity contribution in [2.45, 2.75) is 44.6 Å². The van der Waals surface area contributed by atoms with Crippen molar-refractivity contribution in [1.82, 2.24) is 0 Å². The molecule has 1 fully saturated rings. The first-order valence-electron chi connectivity index (χ1n) is 5.15. The van der Waals surface area contributed by atoms with Gasteiger partial charge in [-0.05, 0) is 41.3 Å². The maximum atomic E-state index is 6.08. The van der Waals surface area contributed by atoms with Crippen LogP contribution < -0.4 is 5.73 Å². The number of hydrogen-bond donors (Lipinski definition) is 1. The molecule has 1 atom stereocenters. The predicted octanol–water partition coefficient (Wildman–Crippen LogP) is 3.50. The molecule has 3 heteroatoms. The second-order valence-corrected chi connectivity index (χ2v) is 5.14. The van der Waals surface area contributed by atoms with Crippen molar-refractivity contribution >= 4 is 15.9 Å². The summed E-state index contributed by atoms with van der Waals surface area (Å²) in [5.41, 5.74) is 5.92. The summed E-state index contributed by atoms with van der Waals surface area (Å²) >= 11 is 3.53. The molecule has 2 rings (SSSR count). The normalized spacial score (nSPS) is 20.9. The van der Waals surface area contributed by atoms with Gasteiger partial charge < -0.3 is 10.2 Å². The lowest BCUT2D eigenvalue weighted by molar-refractivity contribution is 0.401. The molecule has 0 saturated heterocycles.